The Balaban J connectivity index is 2.35. The molecule has 0 radical (unpaired) electrons. The van der Waals surface area contributed by atoms with Crippen LogP contribution in [0.15, 0.2) is 36.0 Å². The maximum atomic E-state index is 12.5. The monoisotopic (exact) mass is 386 g/mol. The molecule has 2 aliphatic heterocycles. The summed E-state index contributed by atoms with van der Waals surface area (Å²) in [4.78, 5) is 37.2. The summed E-state index contributed by atoms with van der Waals surface area (Å²) < 4.78 is -0.228. The van der Waals surface area contributed by atoms with E-state index in [0.29, 0.717) is 12.0 Å². The third-order valence-electron chi connectivity index (χ3n) is 3.41. The zero-order chi connectivity index (χ0) is 14.9. The molecule has 0 spiro atoms. The Kier molecular flexibility index (Phi) is 4.42. The number of carbonyl (C=O) groups is 3. The normalized spacial score (nSPS) is 31.1. The van der Waals surface area contributed by atoms with Gasteiger partial charge in [0.1, 0.15) is 10.1 Å². The number of halogens is 1. The van der Waals surface area contributed by atoms with Crippen LogP contribution in [0.4, 0.5) is 0 Å². The predicted octanol–water partition coefficient (Wildman–Crippen LogP) is 1.45. The van der Waals surface area contributed by atoms with Crippen molar-refractivity contribution >= 4 is 40.3 Å². The van der Waals surface area contributed by atoms with Gasteiger partial charge in [-0.15, -0.1) is 0 Å². The summed E-state index contributed by atoms with van der Waals surface area (Å²) >= 11 is 2.13. The quantitative estimate of drug-likeness (QED) is 0.257. The number of rotatable bonds is 2. The molecule has 2 fully saturated rings. The summed E-state index contributed by atoms with van der Waals surface area (Å²) in [5.41, 5.74) is 1.44. The summed E-state index contributed by atoms with van der Waals surface area (Å²) in [5, 5.41) is 2.29. The van der Waals surface area contributed by atoms with Crippen LogP contribution in [-0.4, -0.2) is 32.7 Å². The van der Waals surface area contributed by atoms with Crippen molar-refractivity contribution in [2.45, 2.75) is 29.9 Å². The van der Waals surface area contributed by atoms with Crippen LogP contribution in [0.1, 0.15) is 19.8 Å². The van der Waals surface area contributed by atoms with Crippen LogP contribution >= 0.6 is 22.6 Å². The second-order valence-corrected chi connectivity index (χ2v) is 5.76. The summed E-state index contributed by atoms with van der Waals surface area (Å²) in [7, 11) is 0. The van der Waals surface area contributed by atoms with E-state index in [1.807, 2.05) is 0 Å². The molecule has 106 valence electrons. The van der Waals surface area contributed by atoms with Crippen molar-refractivity contribution in [2.24, 2.45) is 0 Å². The molecule has 0 aliphatic carbocycles. The number of piperidine rings is 1. The Morgan fingerprint density at radius 1 is 1.40 bits per heavy atom. The lowest BCUT2D eigenvalue weighted by Crippen LogP contribution is -2.54. The van der Waals surface area contributed by atoms with Crippen molar-refractivity contribution in [2.75, 3.05) is 0 Å². The zero-order valence-electron chi connectivity index (χ0n) is 11.1. The Bertz CT molecular complexity index is 551. The van der Waals surface area contributed by atoms with Crippen molar-refractivity contribution in [3.05, 3.63) is 36.0 Å². The van der Waals surface area contributed by atoms with Gasteiger partial charge in [-0.05, 0) is 18.9 Å². The minimum atomic E-state index is -0.590. The molecule has 0 aromatic heterocycles. The van der Waals surface area contributed by atoms with E-state index in [-0.39, 0.29) is 22.3 Å². The van der Waals surface area contributed by atoms with Crippen LogP contribution in [0.25, 0.3) is 0 Å². The highest BCUT2D eigenvalue weighted by molar-refractivity contribution is 14.1. The Morgan fingerprint density at radius 2 is 2.10 bits per heavy atom. The largest absolute Gasteiger partial charge is 0.311 e. The minimum absolute atomic E-state index is 0.172. The number of nitrogens with one attached hydrogen (secondary N) is 1. The van der Waals surface area contributed by atoms with Gasteiger partial charge in [-0.25, -0.2) is 0 Å². The van der Waals surface area contributed by atoms with Gasteiger partial charge in [0.15, 0.2) is 0 Å². The number of amides is 3. The molecule has 6 heteroatoms. The molecule has 0 aromatic carbocycles. The number of nitrogens with zero attached hydrogens (tertiary/aromatic N) is 1. The lowest BCUT2D eigenvalue weighted by molar-refractivity contribution is -0.142. The highest BCUT2D eigenvalue weighted by Crippen LogP contribution is 2.37. The average molecular weight is 386 g/mol. The molecular weight excluding hydrogens is 371 g/mol. The fourth-order valence-corrected chi connectivity index (χ4v) is 3.66. The van der Waals surface area contributed by atoms with E-state index >= 15 is 0 Å². The van der Waals surface area contributed by atoms with Crippen LogP contribution in [0.3, 0.4) is 0 Å². The summed E-state index contributed by atoms with van der Waals surface area (Å²) in [6, 6.07) is -0.590. The maximum absolute atomic E-state index is 12.5. The van der Waals surface area contributed by atoms with E-state index in [9.17, 15) is 14.4 Å². The maximum Gasteiger partial charge on any atom is 0.255 e. The first-order valence-corrected chi connectivity index (χ1v) is 7.55. The lowest BCUT2D eigenvalue weighted by atomic mass is 10.0. The molecule has 2 unspecified atom stereocenters. The fraction of sp³-hybridized carbons (Fsp3) is 0.357. The van der Waals surface area contributed by atoms with Gasteiger partial charge < -0.3 is 4.90 Å². The average Bonchev–Trinajstić information content (AvgIpc) is 2.63. The topological polar surface area (TPSA) is 66.5 Å². The van der Waals surface area contributed by atoms with Gasteiger partial charge in [-0.1, -0.05) is 47.4 Å². The van der Waals surface area contributed by atoms with E-state index in [0.717, 1.165) is 5.57 Å². The molecule has 0 saturated carbocycles. The molecule has 2 saturated heterocycles. The third-order valence-corrected chi connectivity index (χ3v) is 4.68. The van der Waals surface area contributed by atoms with Gasteiger partial charge in [0, 0.05) is 12.0 Å². The Labute approximate surface area is 130 Å². The van der Waals surface area contributed by atoms with Crippen LogP contribution in [-0.2, 0) is 14.4 Å². The van der Waals surface area contributed by atoms with Crippen molar-refractivity contribution in [1.29, 1.82) is 0 Å². The number of carbonyl (C=O) groups excluding carboxylic acids is 3. The zero-order valence-corrected chi connectivity index (χ0v) is 13.2. The number of alkyl halides is 1. The first kappa shape index (κ1) is 15.0. The van der Waals surface area contributed by atoms with E-state index in [1.165, 1.54) is 0 Å². The van der Waals surface area contributed by atoms with E-state index in [1.54, 1.807) is 30.1 Å². The summed E-state index contributed by atoms with van der Waals surface area (Å²) in [5.74, 6) is -0.850. The van der Waals surface area contributed by atoms with Crippen LogP contribution < -0.4 is 5.32 Å². The first-order chi connectivity index (χ1) is 9.51. The summed E-state index contributed by atoms with van der Waals surface area (Å²) in [6.07, 6.45) is 5.79. The standard InChI is InChI=1S/C14H15IN2O3/c1-3-5-9-8(4-2)14(20)17(12(9)15)10-6-7-11(18)16-13(10)19/h3-5,10,12H,1,6-7H2,2H3,(H,16,18,19)/b8-4+,9-5?. The summed E-state index contributed by atoms with van der Waals surface area (Å²) in [6.45, 7) is 5.45. The van der Waals surface area contributed by atoms with Crippen LogP contribution in [0.5, 0.6) is 0 Å². The molecule has 3 amide bonds. The van der Waals surface area contributed by atoms with Gasteiger partial charge in [-0.3, -0.25) is 19.7 Å². The second-order valence-electron chi connectivity index (χ2n) is 4.58. The van der Waals surface area contributed by atoms with Crippen molar-refractivity contribution in [3.8, 4) is 0 Å². The molecule has 2 heterocycles. The van der Waals surface area contributed by atoms with Gasteiger partial charge in [0.25, 0.3) is 5.91 Å². The van der Waals surface area contributed by atoms with Gasteiger partial charge >= 0.3 is 0 Å². The molecule has 2 atom stereocenters. The highest BCUT2D eigenvalue weighted by Gasteiger charge is 2.45. The minimum Gasteiger partial charge on any atom is -0.311 e. The molecule has 5 nitrogen and oxygen atoms in total. The van der Waals surface area contributed by atoms with Gasteiger partial charge in [-0.2, -0.15) is 0 Å². The molecule has 0 aromatic rings. The van der Waals surface area contributed by atoms with Crippen molar-refractivity contribution in [3.63, 3.8) is 0 Å². The van der Waals surface area contributed by atoms with Gasteiger partial charge in [0.05, 0.1) is 0 Å². The number of imide groups is 1. The lowest BCUT2D eigenvalue weighted by Gasteiger charge is -2.31. The van der Waals surface area contributed by atoms with E-state index in [4.69, 9.17) is 0 Å². The number of hydrogen-bond acceptors (Lipinski definition) is 3. The Morgan fingerprint density at radius 3 is 2.65 bits per heavy atom. The number of allylic oxidation sites excluding steroid dienone is 3. The smallest absolute Gasteiger partial charge is 0.255 e. The molecule has 0 bridgehead atoms. The van der Waals surface area contributed by atoms with Gasteiger partial charge in [0.2, 0.25) is 11.8 Å². The SMILES string of the molecule is C=CC=C1/C(=C\C)C(=O)N(C2CCC(=O)NC2=O)C1I. The Hall–Kier alpha value is -1.44. The van der Waals surface area contributed by atoms with E-state index in [2.05, 4.69) is 34.5 Å². The third kappa shape index (κ3) is 2.44. The van der Waals surface area contributed by atoms with E-state index < -0.39 is 11.9 Å². The second kappa shape index (κ2) is 5.90. The van der Waals surface area contributed by atoms with Crippen LogP contribution in [0, 0.1) is 0 Å². The molecule has 2 aliphatic rings. The fourth-order valence-electron chi connectivity index (χ4n) is 2.48. The predicted molar refractivity (Wildman–Crippen MR) is 82.9 cm³/mol. The molecular formula is C14H15IN2O3. The van der Waals surface area contributed by atoms with Crippen molar-refractivity contribution in [1.82, 2.24) is 10.2 Å². The highest BCUT2D eigenvalue weighted by atomic mass is 127. The van der Waals surface area contributed by atoms with Crippen molar-refractivity contribution < 1.29 is 14.4 Å². The molecule has 20 heavy (non-hydrogen) atoms. The number of hydrogen-bond donors (Lipinski definition) is 1. The molecule has 2 rings (SSSR count). The first-order valence-electron chi connectivity index (χ1n) is 6.31. The number of likely N-dealkylation sites (tertiary alicyclic amines) is 1. The van der Waals surface area contributed by atoms with Crippen LogP contribution in [0.2, 0.25) is 0 Å². The molecule has 1 N–H and O–H groups in total.